The first kappa shape index (κ1) is 14.8. The molecule has 3 nitrogen and oxygen atoms in total. The number of hydrogen-bond donors (Lipinski definition) is 1. The van der Waals surface area contributed by atoms with Crippen molar-refractivity contribution in [3.8, 4) is 11.5 Å². The molecule has 1 aromatic carbocycles. The lowest BCUT2D eigenvalue weighted by atomic mass is 10.0. The molecule has 0 bridgehead atoms. The second kappa shape index (κ2) is 6.24. The summed E-state index contributed by atoms with van der Waals surface area (Å²) in [6.07, 6.45) is 0.876. The zero-order chi connectivity index (χ0) is 14.7. The number of nitrogens with two attached hydrogens (primary N) is 1. The van der Waals surface area contributed by atoms with Crippen molar-refractivity contribution in [2.24, 2.45) is 5.73 Å². The lowest BCUT2D eigenvalue weighted by molar-refractivity contribution is 0.351. The number of halogens is 1. The fourth-order valence-electron chi connectivity index (χ4n) is 2.16. The number of thiophene rings is 1. The van der Waals surface area contributed by atoms with Crippen LogP contribution in [0.2, 0.25) is 0 Å². The van der Waals surface area contributed by atoms with Crippen LogP contribution < -0.4 is 15.2 Å². The Balaban J connectivity index is 2.46. The van der Waals surface area contributed by atoms with Crippen molar-refractivity contribution in [1.82, 2.24) is 0 Å². The topological polar surface area (TPSA) is 44.5 Å². The highest BCUT2D eigenvalue weighted by Gasteiger charge is 2.20. The van der Waals surface area contributed by atoms with Gasteiger partial charge in [-0.2, -0.15) is 0 Å². The Labute approximate surface area is 122 Å². The van der Waals surface area contributed by atoms with E-state index in [9.17, 15) is 4.39 Å². The second-order valence-electron chi connectivity index (χ2n) is 4.37. The van der Waals surface area contributed by atoms with Crippen molar-refractivity contribution in [3.05, 3.63) is 45.4 Å². The molecule has 1 aromatic heterocycles. The normalized spacial score (nSPS) is 12.2. The lowest BCUT2D eigenvalue weighted by Crippen LogP contribution is -2.14. The number of benzene rings is 1. The van der Waals surface area contributed by atoms with Crippen LogP contribution in [0.25, 0.3) is 0 Å². The van der Waals surface area contributed by atoms with Gasteiger partial charge in [0.05, 0.1) is 20.3 Å². The van der Waals surface area contributed by atoms with Gasteiger partial charge in [-0.3, -0.25) is 0 Å². The van der Waals surface area contributed by atoms with Gasteiger partial charge < -0.3 is 15.2 Å². The molecular formula is C15H18FNO2S. The van der Waals surface area contributed by atoms with E-state index in [0.717, 1.165) is 16.9 Å². The summed E-state index contributed by atoms with van der Waals surface area (Å²) in [5.41, 5.74) is 7.79. The molecule has 2 N–H and O–H groups in total. The van der Waals surface area contributed by atoms with E-state index in [4.69, 9.17) is 15.2 Å². The number of methoxy groups -OCH3 is 2. The average Bonchev–Trinajstić information content (AvgIpc) is 2.94. The quantitative estimate of drug-likeness (QED) is 0.918. The standard InChI is InChI=1S/C15H18FNO2S/c1-4-9-5-6-20-15(9)14(17)10-7-12(18-2)13(19-3)8-11(10)16/h5-8,14H,4,17H2,1-3H3. The van der Waals surface area contributed by atoms with Gasteiger partial charge in [0.2, 0.25) is 0 Å². The van der Waals surface area contributed by atoms with Crippen LogP contribution >= 0.6 is 11.3 Å². The van der Waals surface area contributed by atoms with Crippen LogP contribution in [0.3, 0.4) is 0 Å². The molecule has 20 heavy (non-hydrogen) atoms. The average molecular weight is 295 g/mol. The minimum atomic E-state index is -0.496. The van der Waals surface area contributed by atoms with E-state index in [1.54, 1.807) is 17.4 Å². The van der Waals surface area contributed by atoms with Crippen molar-refractivity contribution < 1.29 is 13.9 Å². The summed E-state index contributed by atoms with van der Waals surface area (Å²) in [6, 6.07) is 4.45. The van der Waals surface area contributed by atoms with Crippen LogP contribution in [0.5, 0.6) is 11.5 Å². The molecule has 1 unspecified atom stereocenters. The van der Waals surface area contributed by atoms with Gasteiger partial charge in [-0.1, -0.05) is 6.92 Å². The minimum Gasteiger partial charge on any atom is -0.493 e. The highest BCUT2D eigenvalue weighted by Crippen LogP contribution is 2.36. The van der Waals surface area contributed by atoms with E-state index >= 15 is 0 Å². The second-order valence-corrected chi connectivity index (χ2v) is 5.32. The molecule has 0 spiro atoms. The van der Waals surface area contributed by atoms with Crippen molar-refractivity contribution >= 4 is 11.3 Å². The van der Waals surface area contributed by atoms with Crippen molar-refractivity contribution in [3.63, 3.8) is 0 Å². The Hall–Kier alpha value is -1.59. The summed E-state index contributed by atoms with van der Waals surface area (Å²) < 4.78 is 24.5. The number of aryl methyl sites for hydroxylation is 1. The van der Waals surface area contributed by atoms with Crippen molar-refractivity contribution in [1.29, 1.82) is 0 Å². The molecule has 0 saturated heterocycles. The van der Waals surface area contributed by atoms with Gasteiger partial charge in [0.25, 0.3) is 0 Å². The Morgan fingerprint density at radius 3 is 2.50 bits per heavy atom. The molecule has 0 aliphatic carbocycles. The third-order valence-electron chi connectivity index (χ3n) is 3.28. The first-order valence-electron chi connectivity index (χ1n) is 6.35. The van der Waals surface area contributed by atoms with Crippen LogP contribution in [0.1, 0.15) is 29.0 Å². The summed E-state index contributed by atoms with van der Waals surface area (Å²) in [6.45, 7) is 2.06. The van der Waals surface area contributed by atoms with Crippen molar-refractivity contribution in [2.45, 2.75) is 19.4 Å². The van der Waals surface area contributed by atoms with Gasteiger partial charge in [-0.25, -0.2) is 4.39 Å². The molecule has 0 radical (unpaired) electrons. The first-order valence-corrected chi connectivity index (χ1v) is 7.23. The first-order chi connectivity index (χ1) is 9.62. The molecular weight excluding hydrogens is 277 g/mol. The maximum atomic E-state index is 14.2. The van der Waals surface area contributed by atoms with E-state index < -0.39 is 6.04 Å². The Kier molecular flexibility index (Phi) is 4.62. The molecule has 2 aromatic rings. The maximum Gasteiger partial charge on any atom is 0.163 e. The van der Waals surface area contributed by atoms with Crippen LogP contribution in [0, 0.1) is 5.82 Å². The largest absolute Gasteiger partial charge is 0.493 e. The molecule has 0 amide bonds. The van der Waals surface area contributed by atoms with E-state index in [2.05, 4.69) is 6.92 Å². The molecule has 108 valence electrons. The number of ether oxygens (including phenoxy) is 2. The maximum absolute atomic E-state index is 14.2. The molecule has 2 rings (SSSR count). The summed E-state index contributed by atoms with van der Waals surface area (Å²) in [5, 5.41) is 1.98. The van der Waals surface area contributed by atoms with Gasteiger partial charge >= 0.3 is 0 Å². The highest BCUT2D eigenvalue weighted by atomic mass is 32.1. The predicted octanol–water partition coefficient (Wildman–Crippen LogP) is 3.51. The third-order valence-corrected chi connectivity index (χ3v) is 4.32. The van der Waals surface area contributed by atoms with Crippen LogP contribution in [0.4, 0.5) is 4.39 Å². The molecule has 1 heterocycles. The lowest BCUT2D eigenvalue weighted by Gasteiger charge is -2.16. The summed E-state index contributed by atoms with van der Waals surface area (Å²) in [5.74, 6) is 0.461. The summed E-state index contributed by atoms with van der Waals surface area (Å²) in [4.78, 5) is 0.985. The van der Waals surface area contributed by atoms with Crippen LogP contribution in [0.15, 0.2) is 23.6 Å². The highest BCUT2D eigenvalue weighted by molar-refractivity contribution is 7.10. The Morgan fingerprint density at radius 1 is 1.25 bits per heavy atom. The molecule has 0 fully saturated rings. The monoisotopic (exact) mass is 295 g/mol. The summed E-state index contributed by atoms with van der Waals surface area (Å²) in [7, 11) is 3.00. The van der Waals surface area contributed by atoms with Gasteiger partial charge in [0.1, 0.15) is 5.82 Å². The molecule has 5 heteroatoms. The van der Waals surface area contributed by atoms with E-state index in [1.807, 2.05) is 11.4 Å². The van der Waals surface area contributed by atoms with Crippen LogP contribution in [-0.4, -0.2) is 14.2 Å². The SMILES string of the molecule is CCc1ccsc1C(N)c1cc(OC)c(OC)cc1F. The molecule has 0 aliphatic rings. The van der Waals surface area contributed by atoms with E-state index in [1.165, 1.54) is 20.3 Å². The zero-order valence-corrected chi connectivity index (χ0v) is 12.6. The Bertz CT molecular complexity index is 598. The Morgan fingerprint density at radius 2 is 1.90 bits per heavy atom. The molecule has 1 atom stereocenters. The summed E-state index contributed by atoms with van der Waals surface area (Å²) >= 11 is 1.55. The van der Waals surface area contributed by atoms with Gasteiger partial charge in [-0.15, -0.1) is 11.3 Å². The third kappa shape index (κ3) is 2.64. The number of hydrogen-bond acceptors (Lipinski definition) is 4. The van der Waals surface area contributed by atoms with Crippen LogP contribution in [-0.2, 0) is 6.42 Å². The zero-order valence-electron chi connectivity index (χ0n) is 11.8. The number of rotatable bonds is 5. The predicted molar refractivity (Wildman–Crippen MR) is 79.2 cm³/mol. The minimum absolute atomic E-state index is 0.364. The van der Waals surface area contributed by atoms with E-state index in [0.29, 0.717) is 17.1 Å². The van der Waals surface area contributed by atoms with Gasteiger partial charge in [0.15, 0.2) is 11.5 Å². The fraction of sp³-hybridized carbons (Fsp3) is 0.333. The smallest absolute Gasteiger partial charge is 0.163 e. The molecule has 0 saturated carbocycles. The van der Waals surface area contributed by atoms with Gasteiger partial charge in [-0.05, 0) is 29.5 Å². The fourth-order valence-corrected chi connectivity index (χ4v) is 3.18. The van der Waals surface area contributed by atoms with Gasteiger partial charge in [0, 0.05) is 16.5 Å². The molecule has 0 aliphatic heterocycles. The van der Waals surface area contributed by atoms with Crippen molar-refractivity contribution in [2.75, 3.05) is 14.2 Å². The van der Waals surface area contributed by atoms with E-state index in [-0.39, 0.29) is 5.82 Å².